The number of carbonyl (C=O) groups excluding carboxylic acids is 1. The van der Waals surface area contributed by atoms with Crippen LogP contribution in [0.25, 0.3) is 17.5 Å². The maximum atomic E-state index is 13.8. The molecular weight excluding hydrogens is 491 g/mol. The number of hydrogen-bond donors (Lipinski definition) is 2. The van der Waals surface area contributed by atoms with Crippen molar-refractivity contribution in [2.75, 3.05) is 17.4 Å². The number of rotatable bonds is 8. The zero-order chi connectivity index (χ0) is 27.8. The van der Waals surface area contributed by atoms with Gasteiger partial charge in [0.2, 0.25) is 6.79 Å². The molecule has 4 aromatic carbocycles. The normalized spacial score (nSPS) is 11.0. The summed E-state index contributed by atoms with van der Waals surface area (Å²) in [6, 6.07) is 25.7. The van der Waals surface area contributed by atoms with Gasteiger partial charge in [-0.1, -0.05) is 80.4 Å². The molecule has 0 atom stereocenters. The fourth-order valence-electron chi connectivity index (χ4n) is 3.99. The van der Waals surface area contributed by atoms with Crippen LogP contribution in [0.2, 0.25) is 0 Å². The van der Waals surface area contributed by atoms with E-state index in [9.17, 15) is 9.18 Å². The zero-order valence-electron chi connectivity index (χ0n) is 21.7. The molecule has 0 aromatic heterocycles. The van der Waals surface area contributed by atoms with Crippen LogP contribution in [0.1, 0.15) is 32.6 Å². The van der Waals surface area contributed by atoms with Crippen molar-refractivity contribution in [3.8, 4) is 11.5 Å². The van der Waals surface area contributed by atoms with Gasteiger partial charge in [-0.25, -0.2) is 4.39 Å². The molecule has 196 valence electrons. The molecule has 0 saturated carbocycles. The highest BCUT2D eigenvalue weighted by Crippen LogP contribution is 2.35. The predicted octanol–water partition coefficient (Wildman–Crippen LogP) is 8.17. The van der Waals surface area contributed by atoms with Crippen LogP contribution in [0.4, 0.5) is 15.8 Å². The van der Waals surface area contributed by atoms with Gasteiger partial charge in [-0.05, 0) is 42.3 Å². The zero-order valence-corrected chi connectivity index (χ0v) is 21.7. The third-order valence-electron chi connectivity index (χ3n) is 6.00. The van der Waals surface area contributed by atoms with Crippen molar-refractivity contribution in [3.63, 3.8) is 0 Å². The van der Waals surface area contributed by atoms with Crippen LogP contribution in [-0.2, 0) is 0 Å². The van der Waals surface area contributed by atoms with Crippen molar-refractivity contribution in [1.29, 1.82) is 0 Å². The minimum atomic E-state index is -0.280. The largest absolute Gasteiger partial charge is 0.454 e. The predicted molar refractivity (Wildman–Crippen MR) is 157 cm³/mol. The minimum Gasteiger partial charge on any atom is -0.454 e. The first kappa shape index (κ1) is 26.9. The van der Waals surface area contributed by atoms with Crippen molar-refractivity contribution in [2.24, 2.45) is 0 Å². The second-order valence-corrected chi connectivity index (χ2v) is 8.75. The number of aldehydes is 1. The van der Waals surface area contributed by atoms with Gasteiger partial charge in [0, 0.05) is 39.8 Å². The first-order valence-corrected chi connectivity index (χ1v) is 12.2. The lowest BCUT2D eigenvalue weighted by Gasteiger charge is -2.13. The topological polar surface area (TPSA) is 59.6 Å². The molecule has 1 heterocycles. The van der Waals surface area contributed by atoms with Crippen LogP contribution >= 0.6 is 0 Å². The van der Waals surface area contributed by atoms with E-state index in [4.69, 9.17) is 9.47 Å². The van der Waals surface area contributed by atoms with E-state index >= 15 is 0 Å². The molecule has 0 amide bonds. The summed E-state index contributed by atoms with van der Waals surface area (Å²) in [5.74, 6) is 1.15. The monoisotopic (exact) mass is 520 g/mol. The molecule has 39 heavy (non-hydrogen) atoms. The van der Waals surface area contributed by atoms with Crippen LogP contribution in [-0.4, -0.2) is 13.1 Å². The van der Waals surface area contributed by atoms with Gasteiger partial charge in [0.05, 0.1) is 5.69 Å². The Morgan fingerprint density at radius 1 is 0.821 bits per heavy atom. The Bertz CT molecular complexity index is 1540. The van der Waals surface area contributed by atoms with Gasteiger partial charge in [-0.15, -0.1) is 0 Å². The average Bonchev–Trinajstić information content (AvgIpc) is 3.43. The Balaban J connectivity index is 0.000000181. The highest BCUT2D eigenvalue weighted by Gasteiger charge is 2.14. The summed E-state index contributed by atoms with van der Waals surface area (Å²) in [6.45, 7) is 13.8. The van der Waals surface area contributed by atoms with E-state index in [0.29, 0.717) is 28.4 Å². The van der Waals surface area contributed by atoms with Crippen LogP contribution < -0.4 is 20.1 Å². The van der Waals surface area contributed by atoms with E-state index in [2.05, 4.69) is 30.4 Å². The molecule has 6 heteroatoms. The van der Waals surface area contributed by atoms with Gasteiger partial charge in [0.25, 0.3) is 0 Å². The number of halogens is 1. The Morgan fingerprint density at radius 3 is 2.15 bits per heavy atom. The minimum absolute atomic E-state index is 0.244. The highest BCUT2D eigenvalue weighted by molar-refractivity contribution is 5.88. The summed E-state index contributed by atoms with van der Waals surface area (Å²) in [7, 11) is 0. The molecule has 2 N–H and O–H groups in total. The second-order valence-electron chi connectivity index (χ2n) is 8.75. The lowest BCUT2D eigenvalue weighted by molar-refractivity contribution is 0.112. The summed E-state index contributed by atoms with van der Waals surface area (Å²) in [4.78, 5) is 11.0. The summed E-state index contributed by atoms with van der Waals surface area (Å²) in [6.07, 6.45) is 2.58. The number of ether oxygens (including phenoxy) is 2. The third kappa shape index (κ3) is 6.62. The average molecular weight is 521 g/mol. The number of aryl methyl sites for hydroxylation is 1. The van der Waals surface area contributed by atoms with E-state index in [-0.39, 0.29) is 12.6 Å². The molecule has 0 fully saturated rings. The summed E-state index contributed by atoms with van der Waals surface area (Å²) in [5, 5.41) is 6.18. The standard InChI is InChI=1S/C17H16FN.C16H13NO3/c1-4-14-7-5-6-8-15(14)13(3)19-17-10-9-12(2)11-16(17)18;1-11(14-5-3-2-4-12(14)9-18)17-13-6-7-15-16(8-13)20-10-19-15/h4-11,19H,1,3H2,2H3;2-9,17H,1,10H2. The van der Waals surface area contributed by atoms with Gasteiger partial charge < -0.3 is 20.1 Å². The smallest absolute Gasteiger partial charge is 0.231 e. The first-order chi connectivity index (χ1) is 18.9. The van der Waals surface area contributed by atoms with Gasteiger partial charge in [-0.3, -0.25) is 4.79 Å². The number of benzene rings is 4. The second kappa shape index (κ2) is 12.4. The molecular formula is C33H29FN2O3. The Labute approximate surface area is 227 Å². The lowest BCUT2D eigenvalue weighted by Crippen LogP contribution is -2.01. The van der Waals surface area contributed by atoms with Crippen LogP contribution in [0.15, 0.2) is 105 Å². The molecule has 5 rings (SSSR count). The molecule has 1 aliphatic heterocycles. The van der Waals surface area contributed by atoms with Crippen molar-refractivity contribution in [3.05, 3.63) is 138 Å². The molecule has 1 aliphatic rings. The van der Waals surface area contributed by atoms with E-state index in [0.717, 1.165) is 40.0 Å². The number of anilines is 2. The van der Waals surface area contributed by atoms with Gasteiger partial charge >= 0.3 is 0 Å². The number of hydrogen-bond acceptors (Lipinski definition) is 5. The maximum absolute atomic E-state index is 13.8. The summed E-state index contributed by atoms with van der Waals surface area (Å²) in [5.41, 5.74) is 6.72. The fraction of sp³-hybridized carbons (Fsp3) is 0.0606. The van der Waals surface area contributed by atoms with E-state index in [1.165, 1.54) is 6.07 Å². The quantitative estimate of drug-likeness (QED) is 0.230. The van der Waals surface area contributed by atoms with Gasteiger partial charge in [0.15, 0.2) is 17.8 Å². The van der Waals surface area contributed by atoms with Crippen molar-refractivity contribution in [2.45, 2.75) is 6.92 Å². The molecule has 0 saturated heterocycles. The number of carbonyl (C=O) groups is 1. The maximum Gasteiger partial charge on any atom is 0.231 e. The summed E-state index contributed by atoms with van der Waals surface area (Å²) < 4.78 is 24.4. The van der Waals surface area contributed by atoms with E-state index in [1.807, 2.05) is 73.7 Å². The molecule has 0 aliphatic carbocycles. The third-order valence-corrected chi connectivity index (χ3v) is 6.00. The first-order valence-electron chi connectivity index (χ1n) is 12.2. The Morgan fingerprint density at radius 2 is 1.46 bits per heavy atom. The van der Waals surface area contributed by atoms with Crippen LogP contribution in [0.5, 0.6) is 11.5 Å². The van der Waals surface area contributed by atoms with Crippen molar-refractivity contribution >= 4 is 35.1 Å². The van der Waals surface area contributed by atoms with Crippen molar-refractivity contribution < 1.29 is 18.7 Å². The SMILES string of the molecule is C=C(Nc1ccc2c(c1)OCO2)c1ccccc1C=O.C=Cc1ccccc1C(=C)Nc1ccc(C)cc1F. The lowest BCUT2D eigenvalue weighted by atomic mass is 10.0. The van der Waals surface area contributed by atoms with Gasteiger partial charge in [-0.2, -0.15) is 0 Å². The molecule has 0 radical (unpaired) electrons. The van der Waals surface area contributed by atoms with Gasteiger partial charge in [0.1, 0.15) is 5.82 Å². The van der Waals surface area contributed by atoms with Crippen LogP contribution in [0, 0.1) is 12.7 Å². The van der Waals surface area contributed by atoms with Crippen molar-refractivity contribution in [1.82, 2.24) is 0 Å². The molecule has 0 bridgehead atoms. The van der Waals surface area contributed by atoms with E-state index < -0.39 is 0 Å². The van der Waals surface area contributed by atoms with Crippen LogP contribution in [0.3, 0.4) is 0 Å². The highest BCUT2D eigenvalue weighted by atomic mass is 19.1. The molecule has 0 spiro atoms. The van der Waals surface area contributed by atoms with E-state index in [1.54, 1.807) is 18.2 Å². The number of nitrogens with one attached hydrogen (secondary N) is 2. The molecule has 4 aromatic rings. The Kier molecular flexibility index (Phi) is 8.59. The Hall–Kier alpha value is -5.10. The number of fused-ring (bicyclic) bond motifs is 1. The fourth-order valence-corrected chi connectivity index (χ4v) is 3.99. The molecule has 5 nitrogen and oxygen atoms in total. The molecule has 0 unspecified atom stereocenters. The summed E-state index contributed by atoms with van der Waals surface area (Å²) >= 11 is 0.